The number of hydrogen-bond acceptors (Lipinski definition) is 4. The van der Waals surface area contributed by atoms with Gasteiger partial charge in [0.2, 0.25) is 0 Å². The van der Waals surface area contributed by atoms with Crippen molar-refractivity contribution in [3.63, 3.8) is 0 Å². The largest absolute Gasteiger partial charge is 0.493 e. The van der Waals surface area contributed by atoms with Crippen LogP contribution < -0.4 is 15.2 Å². The maximum Gasteiger partial charge on any atom is 0.164 e. The summed E-state index contributed by atoms with van der Waals surface area (Å²) in [5.41, 5.74) is 6.65. The lowest BCUT2D eigenvalue weighted by molar-refractivity contribution is 0.0893. The number of nitrogens with two attached hydrogens (primary N) is 1. The molecule has 96 valence electrons. The maximum absolute atomic E-state index is 5.85. The first-order chi connectivity index (χ1) is 8.22. The van der Waals surface area contributed by atoms with Crippen LogP contribution in [0, 0.1) is 0 Å². The molecule has 0 saturated heterocycles. The standard InChI is InChI=1S/C13H21NO3/c1-10(9-15-2)17-13-11(7-8-14)5-4-6-12(13)16-3/h4-6,10H,7-9,14H2,1-3H3. The summed E-state index contributed by atoms with van der Waals surface area (Å²) in [6, 6.07) is 5.83. The second-order valence-corrected chi connectivity index (χ2v) is 3.87. The van der Waals surface area contributed by atoms with Gasteiger partial charge in [-0.3, -0.25) is 0 Å². The second kappa shape index (κ2) is 7.14. The van der Waals surface area contributed by atoms with Crippen molar-refractivity contribution >= 4 is 0 Å². The summed E-state index contributed by atoms with van der Waals surface area (Å²) in [6.07, 6.45) is 0.750. The summed E-state index contributed by atoms with van der Waals surface area (Å²) in [7, 11) is 3.29. The van der Waals surface area contributed by atoms with Gasteiger partial charge in [0.15, 0.2) is 11.5 Å². The van der Waals surface area contributed by atoms with Gasteiger partial charge >= 0.3 is 0 Å². The van der Waals surface area contributed by atoms with E-state index in [1.165, 1.54) is 0 Å². The summed E-state index contributed by atoms with van der Waals surface area (Å²) in [5.74, 6) is 1.50. The highest BCUT2D eigenvalue weighted by Gasteiger charge is 2.13. The lowest BCUT2D eigenvalue weighted by Crippen LogP contribution is -2.19. The van der Waals surface area contributed by atoms with Crippen LogP contribution in [0.25, 0.3) is 0 Å². The van der Waals surface area contributed by atoms with Gasteiger partial charge in [-0.25, -0.2) is 0 Å². The molecular weight excluding hydrogens is 218 g/mol. The first-order valence-electron chi connectivity index (χ1n) is 5.74. The predicted molar refractivity (Wildman–Crippen MR) is 67.7 cm³/mol. The van der Waals surface area contributed by atoms with E-state index in [0.29, 0.717) is 13.2 Å². The first kappa shape index (κ1) is 13.8. The Hall–Kier alpha value is -1.26. The minimum atomic E-state index is -0.0205. The summed E-state index contributed by atoms with van der Waals surface area (Å²) in [6.45, 7) is 3.09. The highest BCUT2D eigenvalue weighted by atomic mass is 16.5. The Kier molecular flexibility index (Phi) is 5.80. The van der Waals surface area contributed by atoms with Crippen LogP contribution in [-0.2, 0) is 11.2 Å². The zero-order chi connectivity index (χ0) is 12.7. The van der Waals surface area contributed by atoms with Gasteiger partial charge < -0.3 is 19.9 Å². The molecule has 0 aliphatic heterocycles. The summed E-state index contributed by atoms with van der Waals surface area (Å²) < 4.78 is 16.2. The molecule has 1 aromatic rings. The van der Waals surface area contributed by atoms with E-state index in [1.807, 2.05) is 25.1 Å². The summed E-state index contributed by atoms with van der Waals surface area (Å²) >= 11 is 0. The van der Waals surface area contributed by atoms with Gasteiger partial charge in [-0.1, -0.05) is 12.1 Å². The van der Waals surface area contributed by atoms with Crippen LogP contribution in [0.15, 0.2) is 18.2 Å². The Morgan fingerprint density at radius 2 is 2.06 bits per heavy atom. The monoisotopic (exact) mass is 239 g/mol. The van der Waals surface area contributed by atoms with Gasteiger partial charge in [0, 0.05) is 7.11 Å². The molecule has 0 spiro atoms. The Bertz CT molecular complexity index is 341. The fraction of sp³-hybridized carbons (Fsp3) is 0.538. The van der Waals surface area contributed by atoms with E-state index in [1.54, 1.807) is 14.2 Å². The van der Waals surface area contributed by atoms with E-state index >= 15 is 0 Å². The molecule has 1 rings (SSSR count). The van der Waals surface area contributed by atoms with Gasteiger partial charge in [-0.2, -0.15) is 0 Å². The summed E-state index contributed by atoms with van der Waals surface area (Å²) in [4.78, 5) is 0. The first-order valence-corrected chi connectivity index (χ1v) is 5.74. The minimum Gasteiger partial charge on any atom is -0.493 e. The molecule has 17 heavy (non-hydrogen) atoms. The topological polar surface area (TPSA) is 53.7 Å². The van der Waals surface area contributed by atoms with Crippen molar-refractivity contribution in [1.82, 2.24) is 0 Å². The molecule has 1 unspecified atom stereocenters. The molecule has 0 heterocycles. The predicted octanol–water partition coefficient (Wildman–Crippen LogP) is 1.61. The molecule has 0 aliphatic carbocycles. The molecule has 2 N–H and O–H groups in total. The number of hydrogen-bond donors (Lipinski definition) is 1. The van der Waals surface area contributed by atoms with Crippen LogP contribution in [0.3, 0.4) is 0 Å². The zero-order valence-corrected chi connectivity index (χ0v) is 10.7. The lowest BCUT2D eigenvalue weighted by atomic mass is 10.1. The Balaban J connectivity index is 2.91. The van der Waals surface area contributed by atoms with Crippen LogP contribution >= 0.6 is 0 Å². The SMILES string of the molecule is COCC(C)Oc1c(CCN)cccc1OC. The number of ether oxygens (including phenoxy) is 3. The number of benzene rings is 1. The molecule has 1 aromatic carbocycles. The van der Waals surface area contributed by atoms with Crippen molar-refractivity contribution in [3.05, 3.63) is 23.8 Å². The quantitative estimate of drug-likeness (QED) is 0.785. The van der Waals surface area contributed by atoms with E-state index in [0.717, 1.165) is 23.5 Å². The average molecular weight is 239 g/mol. The van der Waals surface area contributed by atoms with E-state index < -0.39 is 0 Å². The van der Waals surface area contributed by atoms with Gasteiger partial charge in [-0.05, 0) is 31.5 Å². The van der Waals surface area contributed by atoms with E-state index in [2.05, 4.69) is 0 Å². The lowest BCUT2D eigenvalue weighted by Gasteiger charge is -2.19. The Labute approximate surface area is 103 Å². The smallest absolute Gasteiger partial charge is 0.164 e. The third-order valence-electron chi connectivity index (χ3n) is 2.41. The van der Waals surface area contributed by atoms with E-state index in [9.17, 15) is 0 Å². The van der Waals surface area contributed by atoms with Crippen LogP contribution in [0.1, 0.15) is 12.5 Å². The zero-order valence-electron chi connectivity index (χ0n) is 10.7. The molecule has 0 radical (unpaired) electrons. The fourth-order valence-electron chi connectivity index (χ4n) is 1.68. The number of methoxy groups -OCH3 is 2. The molecule has 4 heteroatoms. The highest BCUT2D eigenvalue weighted by molar-refractivity contribution is 5.46. The average Bonchev–Trinajstić information content (AvgIpc) is 2.32. The molecule has 0 bridgehead atoms. The molecule has 1 atom stereocenters. The molecule has 0 aliphatic rings. The fourth-order valence-corrected chi connectivity index (χ4v) is 1.68. The van der Waals surface area contributed by atoms with Gasteiger partial charge in [-0.15, -0.1) is 0 Å². The van der Waals surface area contributed by atoms with Crippen molar-refractivity contribution in [2.45, 2.75) is 19.4 Å². The van der Waals surface area contributed by atoms with Crippen LogP contribution in [0.4, 0.5) is 0 Å². The molecule has 0 aromatic heterocycles. The van der Waals surface area contributed by atoms with E-state index in [-0.39, 0.29) is 6.10 Å². The second-order valence-electron chi connectivity index (χ2n) is 3.87. The van der Waals surface area contributed by atoms with Crippen molar-refractivity contribution in [2.75, 3.05) is 27.4 Å². The number of rotatable bonds is 7. The summed E-state index contributed by atoms with van der Waals surface area (Å²) in [5, 5.41) is 0. The third kappa shape index (κ3) is 3.91. The van der Waals surface area contributed by atoms with Gasteiger partial charge in [0.25, 0.3) is 0 Å². The number of para-hydroxylation sites is 1. The van der Waals surface area contributed by atoms with Gasteiger partial charge in [0.05, 0.1) is 13.7 Å². The van der Waals surface area contributed by atoms with Crippen molar-refractivity contribution < 1.29 is 14.2 Å². The van der Waals surface area contributed by atoms with Crippen LogP contribution in [0.5, 0.6) is 11.5 Å². The molecule has 0 fully saturated rings. The Morgan fingerprint density at radius 1 is 1.29 bits per heavy atom. The van der Waals surface area contributed by atoms with Crippen LogP contribution in [-0.4, -0.2) is 33.5 Å². The van der Waals surface area contributed by atoms with Gasteiger partial charge in [0.1, 0.15) is 6.10 Å². The molecule has 4 nitrogen and oxygen atoms in total. The van der Waals surface area contributed by atoms with E-state index in [4.69, 9.17) is 19.9 Å². The van der Waals surface area contributed by atoms with Crippen molar-refractivity contribution in [1.29, 1.82) is 0 Å². The van der Waals surface area contributed by atoms with Crippen LogP contribution in [0.2, 0.25) is 0 Å². The normalized spacial score (nSPS) is 12.2. The van der Waals surface area contributed by atoms with Crippen molar-refractivity contribution in [2.24, 2.45) is 5.73 Å². The minimum absolute atomic E-state index is 0.0205. The molecule has 0 amide bonds. The molecular formula is C13H21NO3. The van der Waals surface area contributed by atoms with Crippen molar-refractivity contribution in [3.8, 4) is 11.5 Å². The maximum atomic E-state index is 5.85. The Morgan fingerprint density at radius 3 is 2.65 bits per heavy atom. The third-order valence-corrected chi connectivity index (χ3v) is 2.41. The highest BCUT2D eigenvalue weighted by Crippen LogP contribution is 2.32. The molecule has 0 saturated carbocycles.